The van der Waals surface area contributed by atoms with Gasteiger partial charge >= 0.3 is 5.69 Å². The molecule has 0 aliphatic heterocycles. The van der Waals surface area contributed by atoms with E-state index in [1.807, 2.05) is 41.8 Å². The molecule has 126 valence electrons. The largest absolute Gasteiger partial charge is 0.383 e. The zero-order chi connectivity index (χ0) is 17.3. The molecule has 0 bridgehead atoms. The molecular weight excluding hydrogens is 326 g/mol. The van der Waals surface area contributed by atoms with Gasteiger partial charge in [0.05, 0.1) is 17.6 Å². The summed E-state index contributed by atoms with van der Waals surface area (Å²) in [6.45, 7) is 1.66. The van der Waals surface area contributed by atoms with Gasteiger partial charge in [-0.15, -0.1) is 11.3 Å². The first-order valence-electron chi connectivity index (χ1n) is 7.57. The minimum absolute atomic E-state index is 0.0826. The SMILES string of the molecule is Cn1c(=O)n(CC(=O)NCC(C)(O)c2cccs2)c2ccccc21. The second-order valence-corrected chi connectivity index (χ2v) is 6.89. The fourth-order valence-electron chi connectivity index (χ4n) is 2.66. The van der Waals surface area contributed by atoms with Crippen LogP contribution in [0, 0.1) is 0 Å². The Morgan fingerprint density at radius 3 is 2.62 bits per heavy atom. The van der Waals surface area contributed by atoms with Gasteiger partial charge in [0.2, 0.25) is 5.91 Å². The number of nitrogens with zero attached hydrogens (tertiary/aromatic N) is 2. The second-order valence-electron chi connectivity index (χ2n) is 5.94. The van der Waals surface area contributed by atoms with Crippen LogP contribution >= 0.6 is 11.3 Å². The lowest BCUT2D eigenvalue weighted by molar-refractivity contribution is -0.122. The van der Waals surface area contributed by atoms with E-state index in [4.69, 9.17) is 0 Å². The third-order valence-corrected chi connectivity index (χ3v) is 5.16. The summed E-state index contributed by atoms with van der Waals surface area (Å²) in [5.74, 6) is -0.315. The lowest BCUT2D eigenvalue weighted by atomic mass is 10.1. The number of benzene rings is 1. The van der Waals surface area contributed by atoms with E-state index >= 15 is 0 Å². The number of amides is 1. The number of nitrogens with one attached hydrogen (secondary N) is 1. The topological polar surface area (TPSA) is 76.3 Å². The maximum atomic E-state index is 12.3. The summed E-state index contributed by atoms with van der Waals surface area (Å²) in [5.41, 5.74) is 0.121. The van der Waals surface area contributed by atoms with Crippen LogP contribution in [0.2, 0.25) is 0 Å². The molecule has 1 aromatic carbocycles. The van der Waals surface area contributed by atoms with Crippen molar-refractivity contribution in [1.29, 1.82) is 0 Å². The molecular formula is C17H19N3O3S. The molecule has 7 heteroatoms. The number of para-hydroxylation sites is 2. The summed E-state index contributed by atoms with van der Waals surface area (Å²) in [6, 6.07) is 11.0. The molecule has 0 saturated heterocycles. The minimum Gasteiger partial charge on any atom is -0.383 e. The summed E-state index contributed by atoms with van der Waals surface area (Å²) < 4.78 is 2.95. The molecule has 2 heterocycles. The lowest BCUT2D eigenvalue weighted by Crippen LogP contribution is -2.40. The van der Waals surface area contributed by atoms with Crippen LogP contribution in [0.5, 0.6) is 0 Å². The Bertz CT molecular complexity index is 922. The van der Waals surface area contributed by atoms with Gasteiger partial charge in [0, 0.05) is 11.9 Å². The zero-order valence-electron chi connectivity index (χ0n) is 13.5. The molecule has 0 aliphatic rings. The number of aromatic nitrogens is 2. The van der Waals surface area contributed by atoms with Gasteiger partial charge in [-0.05, 0) is 30.5 Å². The summed E-state index contributed by atoms with van der Waals surface area (Å²) in [7, 11) is 1.68. The number of carbonyl (C=O) groups excluding carboxylic acids is 1. The Kier molecular flexibility index (Phi) is 4.29. The highest BCUT2D eigenvalue weighted by molar-refractivity contribution is 7.10. The summed E-state index contributed by atoms with van der Waals surface area (Å²) in [4.78, 5) is 25.3. The smallest absolute Gasteiger partial charge is 0.329 e. The third-order valence-electron chi connectivity index (χ3n) is 4.04. The molecule has 1 amide bonds. The molecule has 0 aliphatic carbocycles. The number of aliphatic hydroxyl groups is 1. The van der Waals surface area contributed by atoms with Crippen molar-refractivity contribution in [1.82, 2.24) is 14.5 Å². The van der Waals surface area contributed by atoms with Crippen LogP contribution in [-0.2, 0) is 24.0 Å². The Hall–Kier alpha value is -2.38. The van der Waals surface area contributed by atoms with Gasteiger partial charge in [-0.2, -0.15) is 0 Å². The van der Waals surface area contributed by atoms with Crippen LogP contribution < -0.4 is 11.0 Å². The van der Waals surface area contributed by atoms with Crippen molar-refractivity contribution in [2.75, 3.05) is 6.54 Å². The van der Waals surface area contributed by atoms with E-state index in [0.29, 0.717) is 5.52 Å². The van der Waals surface area contributed by atoms with Crippen LogP contribution in [0.3, 0.4) is 0 Å². The molecule has 24 heavy (non-hydrogen) atoms. The molecule has 3 aromatic rings. The normalized spacial score (nSPS) is 13.8. The maximum Gasteiger partial charge on any atom is 0.329 e. The summed E-state index contributed by atoms with van der Waals surface area (Å²) in [5, 5.41) is 15.0. The zero-order valence-corrected chi connectivity index (χ0v) is 14.3. The predicted octanol–water partition coefficient (Wildman–Crippen LogP) is 1.43. The molecule has 1 atom stereocenters. The van der Waals surface area contributed by atoms with Crippen molar-refractivity contribution < 1.29 is 9.90 Å². The van der Waals surface area contributed by atoms with Crippen LogP contribution in [0.1, 0.15) is 11.8 Å². The van der Waals surface area contributed by atoms with Crippen LogP contribution in [0.4, 0.5) is 0 Å². The molecule has 0 fully saturated rings. The van der Waals surface area contributed by atoms with Crippen molar-refractivity contribution in [3.8, 4) is 0 Å². The fraction of sp³-hybridized carbons (Fsp3) is 0.294. The van der Waals surface area contributed by atoms with E-state index in [1.165, 1.54) is 20.5 Å². The number of thiophene rings is 1. The first-order chi connectivity index (χ1) is 11.4. The lowest BCUT2D eigenvalue weighted by Gasteiger charge is -2.22. The Balaban J connectivity index is 1.74. The van der Waals surface area contributed by atoms with E-state index < -0.39 is 5.60 Å². The Morgan fingerprint density at radius 2 is 1.96 bits per heavy atom. The molecule has 2 N–H and O–H groups in total. The van der Waals surface area contributed by atoms with E-state index in [9.17, 15) is 14.7 Å². The van der Waals surface area contributed by atoms with E-state index in [0.717, 1.165) is 10.4 Å². The van der Waals surface area contributed by atoms with Crippen LogP contribution in [-0.4, -0.2) is 26.7 Å². The van der Waals surface area contributed by atoms with Crippen molar-refractivity contribution >= 4 is 28.3 Å². The van der Waals surface area contributed by atoms with Crippen molar-refractivity contribution in [2.24, 2.45) is 7.05 Å². The first kappa shape index (κ1) is 16.5. The molecule has 0 spiro atoms. The maximum absolute atomic E-state index is 12.3. The molecule has 0 radical (unpaired) electrons. The van der Waals surface area contributed by atoms with Gasteiger partial charge in [0.25, 0.3) is 0 Å². The highest BCUT2D eigenvalue weighted by Gasteiger charge is 2.25. The van der Waals surface area contributed by atoms with Gasteiger partial charge in [-0.25, -0.2) is 4.79 Å². The van der Waals surface area contributed by atoms with Crippen LogP contribution in [0.15, 0.2) is 46.6 Å². The number of hydrogen-bond acceptors (Lipinski definition) is 4. The molecule has 3 rings (SSSR count). The van der Waals surface area contributed by atoms with Gasteiger partial charge < -0.3 is 10.4 Å². The molecule has 6 nitrogen and oxygen atoms in total. The van der Waals surface area contributed by atoms with Crippen molar-refractivity contribution in [2.45, 2.75) is 19.1 Å². The summed E-state index contributed by atoms with van der Waals surface area (Å²) >= 11 is 1.43. The van der Waals surface area contributed by atoms with E-state index in [2.05, 4.69) is 5.32 Å². The summed E-state index contributed by atoms with van der Waals surface area (Å²) in [6.07, 6.45) is 0. The predicted molar refractivity (Wildman–Crippen MR) is 94.1 cm³/mol. The molecule has 0 saturated carbocycles. The van der Waals surface area contributed by atoms with Gasteiger partial charge in [0.15, 0.2) is 0 Å². The average Bonchev–Trinajstić information content (AvgIpc) is 3.18. The fourth-order valence-corrected chi connectivity index (χ4v) is 3.45. The van der Waals surface area contributed by atoms with E-state index in [-0.39, 0.29) is 24.7 Å². The third kappa shape index (κ3) is 3.00. The molecule has 2 aromatic heterocycles. The van der Waals surface area contributed by atoms with Crippen LogP contribution in [0.25, 0.3) is 11.0 Å². The van der Waals surface area contributed by atoms with Gasteiger partial charge in [-0.1, -0.05) is 18.2 Å². The van der Waals surface area contributed by atoms with Gasteiger partial charge in [-0.3, -0.25) is 13.9 Å². The number of carbonyl (C=O) groups is 1. The highest BCUT2D eigenvalue weighted by atomic mass is 32.1. The number of imidazole rings is 1. The Morgan fingerprint density at radius 1 is 1.25 bits per heavy atom. The Labute approximate surface area is 143 Å². The number of rotatable bonds is 5. The number of fused-ring (bicyclic) bond motifs is 1. The van der Waals surface area contributed by atoms with Crippen molar-refractivity contribution in [3.63, 3.8) is 0 Å². The standard InChI is InChI=1S/C17H19N3O3S/c1-17(23,14-8-5-9-24-14)11-18-15(21)10-20-13-7-4-3-6-12(13)19(2)16(20)22/h3-9,23H,10-11H2,1-2H3,(H,18,21). The van der Waals surface area contributed by atoms with Crippen molar-refractivity contribution in [3.05, 3.63) is 57.1 Å². The monoisotopic (exact) mass is 345 g/mol. The number of aryl methyl sites for hydroxylation is 1. The first-order valence-corrected chi connectivity index (χ1v) is 8.45. The number of hydrogen-bond donors (Lipinski definition) is 2. The van der Waals surface area contributed by atoms with E-state index in [1.54, 1.807) is 14.0 Å². The van der Waals surface area contributed by atoms with Gasteiger partial charge in [0.1, 0.15) is 12.1 Å². The molecule has 1 unspecified atom stereocenters. The second kappa shape index (κ2) is 6.26. The highest BCUT2D eigenvalue weighted by Crippen LogP contribution is 2.24. The average molecular weight is 345 g/mol. The quantitative estimate of drug-likeness (QED) is 0.734. The minimum atomic E-state index is -1.13.